The van der Waals surface area contributed by atoms with E-state index < -0.39 is 23.4 Å². The molecule has 0 aromatic heterocycles. The van der Waals surface area contributed by atoms with Crippen molar-refractivity contribution in [3.8, 4) is 12.1 Å². The number of hydrogen-bond donors (Lipinski definition) is 0. The van der Waals surface area contributed by atoms with Gasteiger partial charge in [-0.25, -0.2) is 0 Å². The lowest BCUT2D eigenvalue weighted by Crippen LogP contribution is -2.44. The molecule has 2 aliphatic heterocycles. The Morgan fingerprint density at radius 3 is 2.39 bits per heavy atom. The first kappa shape index (κ1) is 21.5. The molecule has 0 radical (unpaired) electrons. The molecule has 2 aliphatic rings. The SMILES string of the molecule is N#CC1(C#N)[C@@H](c2ccccc2Br)[C@H](C(=O)c2ccccc2)N2c3ccc(Cl)cc3C=C[C@@H]21. The molecule has 160 valence electrons. The van der Waals surface area contributed by atoms with Crippen LogP contribution < -0.4 is 4.90 Å². The molecule has 1 saturated heterocycles. The predicted molar refractivity (Wildman–Crippen MR) is 132 cm³/mol. The number of halogens is 2. The summed E-state index contributed by atoms with van der Waals surface area (Å²) >= 11 is 9.85. The number of carbonyl (C=O) groups is 1. The highest BCUT2D eigenvalue weighted by Gasteiger charge is 2.63. The molecule has 0 bridgehead atoms. The van der Waals surface area contributed by atoms with Crippen LogP contribution in [0.2, 0.25) is 5.02 Å². The topological polar surface area (TPSA) is 67.9 Å². The summed E-state index contributed by atoms with van der Waals surface area (Å²) in [7, 11) is 0. The summed E-state index contributed by atoms with van der Waals surface area (Å²) in [5, 5.41) is 21.5. The Labute approximate surface area is 205 Å². The highest BCUT2D eigenvalue weighted by atomic mass is 79.9. The fraction of sp³-hybridized carbons (Fsp3) is 0.148. The minimum Gasteiger partial charge on any atom is -0.351 e. The maximum Gasteiger partial charge on any atom is 0.185 e. The standard InChI is InChI=1S/C27H17BrClN3O/c28-21-9-5-4-8-20(21)24-25(26(33)17-6-2-1-3-7-17)32-22-12-11-19(29)14-18(22)10-13-23(32)27(24,15-30)16-31/h1-14,23-25H/t23-,24+,25-/m1/s1. The van der Waals surface area contributed by atoms with Crippen LogP contribution in [-0.4, -0.2) is 17.9 Å². The van der Waals surface area contributed by atoms with Gasteiger partial charge in [-0.05, 0) is 35.4 Å². The Morgan fingerprint density at radius 1 is 1.00 bits per heavy atom. The first-order valence-electron chi connectivity index (χ1n) is 10.4. The van der Waals surface area contributed by atoms with Crippen LogP contribution in [0.5, 0.6) is 0 Å². The summed E-state index contributed by atoms with van der Waals surface area (Å²) in [6.07, 6.45) is 3.74. The Bertz CT molecular complexity index is 1360. The summed E-state index contributed by atoms with van der Waals surface area (Å²) in [5.41, 5.74) is 1.45. The fourth-order valence-electron chi connectivity index (χ4n) is 5.11. The molecule has 0 unspecified atom stereocenters. The second kappa shape index (κ2) is 8.19. The van der Waals surface area contributed by atoms with E-state index in [4.69, 9.17) is 11.6 Å². The third kappa shape index (κ3) is 3.20. The Hall–Kier alpha value is -3.38. The van der Waals surface area contributed by atoms with Crippen molar-refractivity contribution in [1.82, 2.24) is 0 Å². The van der Waals surface area contributed by atoms with Crippen molar-refractivity contribution < 1.29 is 4.79 Å². The number of hydrogen-bond acceptors (Lipinski definition) is 4. The molecular formula is C27H17BrClN3O. The van der Waals surface area contributed by atoms with Gasteiger partial charge in [0.2, 0.25) is 0 Å². The van der Waals surface area contributed by atoms with Gasteiger partial charge in [-0.2, -0.15) is 10.5 Å². The van der Waals surface area contributed by atoms with Crippen LogP contribution in [0.3, 0.4) is 0 Å². The van der Waals surface area contributed by atoms with Gasteiger partial charge >= 0.3 is 0 Å². The van der Waals surface area contributed by atoms with E-state index in [1.807, 2.05) is 71.6 Å². The number of carbonyl (C=O) groups excluding carboxylic acids is 1. The van der Waals surface area contributed by atoms with Crippen molar-refractivity contribution >= 4 is 45.1 Å². The van der Waals surface area contributed by atoms with Gasteiger partial charge < -0.3 is 4.90 Å². The van der Waals surface area contributed by atoms with Crippen LogP contribution in [-0.2, 0) is 0 Å². The summed E-state index contributed by atoms with van der Waals surface area (Å²) in [6, 6.07) is 25.3. The lowest BCUT2D eigenvalue weighted by molar-refractivity contribution is 0.0951. The summed E-state index contributed by atoms with van der Waals surface area (Å²) in [4.78, 5) is 16.0. The van der Waals surface area contributed by atoms with Gasteiger partial charge in [-0.3, -0.25) is 4.79 Å². The minimum absolute atomic E-state index is 0.134. The van der Waals surface area contributed by atoms with Crippen LogP contribution >= 0.6 is 27.5 Å². The van der Waals surface area contributed by atoms with E-state index in [-0.39, 0.29) is 5.78 Å². The molecule has 0 N–H and O–H groups in total. The number of nitriles is 2. The lowest BCUT2D eigenvalue weighted by Gasteiger charge is -2.35. The van der Waals surface area contributed by atoms with Gasteiger partial charge in [-0.15, -0.1) is 0 Å². The van der Waals surface area contributed by atoms with E-state index in [0.717, 1.165) is 21.3 Å². The lowest BCUT2D eigenvalue weighted by atomic mass is 9.69. The number of ketones is 1. The molecule has 3 aromatic rings. The number of benzene rings is 3. The molecule has 3 aromatic carbocycles. The van der Waals surface area contributed by atoms with Gasteiger partial charge in [0.25, 0.3) is 0 Å². The largest absolute Gasteiger partial charge is 0.351 e. The smallest absolute Gasteiger partial charge is 0.185 e. The first-order chi connectivity index (χ1) is 16.0. The normalized spacial score (nSPS) is 22.1. The van der Waals surface area contributed by atoms with E-state index in [1.165, 1.54) is 0 Å². The van der Waals surface area contributed by atoms with Crippen LogP contribution in [0.25, 0.3) is 6.08 Å². The highest BCUT2D eigenvalue weighted by Crippen LogP contribution is 2.56. The second-order valence-electron chi connectivity index (χ2n) is 8.18. The van der Waals surface area contributed by atoms with Crippen molar-refractivity contribution in [2.75, 3.05) is 4.90 Å². The molecule has 0 saturated carbocycles. The van der Waals surface area contributed by atoms with Gasteiger partial charge in [0, 0.05) is 26.7 Å². The fourth-order valence-corrected chi connectivity index (χ4v) is 5.82. The van der Waals surface area contributed by atoms with Crippen LogP contribution in [0.1, 0.15) is 27.4 Å². The highest BCUT2D eigenvalue weighted by molar-refractivity contribution is 9.10. The third-order valence-corrected chi connectivity index (χ3v) is 7.49. The molecule has 3 atom stereocenters. The molecule has 4 nitrogen and oxygen atoms in total. The van der Waals surface area contributed by atoms with Crippen molar-refractivity contribution in [2.45, 2.75) is 18.0 Å². The summed E-state index contributed by atoms with van der Waals surface area (Å²) in [5.74, 6) is -0.822. The Kier molecular flexibility index (Phi) is 5.33. The maximum absolute atomic E-state index is 14.1. The van der Waals surface area contributed by atoms with Gasteiger partial charge in [-0.1, -0.05) is 88.2 Å². The molecule has 0 aliphatic carbocycles. The molecular weight excluding hydrogens is 498 g/mol. The number of anilines is 1. The number of nitrogens with zero attached hydrogens (tertiary/aromatic N) is 3. The zero-order chi connectivity index (χ0) is 23.2. The molecule has 2 heterocycles. The van der Waals surface area contributed by atoms with Crippen LogP contribution in [0.15, 0.2) is 83.3 Å². The number of fused-ring (bicyclic) bond motifs is 3. The molecule has 1 fully saturated rings. The van der Waals surface area contributed by atoms with Crippen molar-refractivity contribution in [3.05, 3.63) is 105 Å². The van der Waals surface area contributed by atoms with Crippen LogP contribution in [0, 0.1) is 28.1 Å². The maximum atomic E-state index is 14.1. The third-order valence-electron chi connectivity index (χ3n) is 6.54. The van der Waals surface area contributed by atoms with Gasteiger partial charge in [0.05, 0.1) is 18.2 Å². The van der Waals surface area contributed by atoms with E-state index in [9.17, 15) is 15.3 Å². The quantitative estimate of drug-likeness (QED) is 0.380. The average Bonchev–Trinajstić information content (AvgIpc) is 3.14. The minimum atomic E-state index is -1.48. The monoisotopic (exact) mass is 513 g/mol. The average molecular weight is 515 g/mol. The zero-order valence-corrected chi connectivity index (χ0v) is 19.7. The molecule has 6 heteroatoms. The molecule has 0 amide bonds. The Morgan fingerprint density at radius 2 is 1.70 bits per heavy atom. The first-order valence-corrected chi connectivity index (χ1v) is 11.6. The molecule has 5 rings (SSSR count). The Balaban J connectivity index is 1.81. The van der Waals surface area contributed by atoms with Gasteiger partial charge in [0.15, 0.2) is 11.2 Å². The van der Waals surface area contributed by atoms with E-state index >= 15 is 0 Å². The molecule has 0 spiro atoms. The van der Waals surface area contributed by atoms with Crippen LogP contribution in [0.4, 0.5) is 5.69 Å². The summed E-state index contributed by atoms with van der Waals surface area (Å²) in [6.45, 7) is 0. The van der Waals surface area contributed by atoms with Crippen molar-refractivity contribution in [2.24, 2.45) is 5.41 Å². The zero-order valence-electron chi connectivity index (χ0n) is 17.3. The van der Waals surface area contributed by atoms with E-state index in [0.29, 0.717) is 10.6 Å². The number of rotatable bonds is 3. The van der Waals surface area contributed by atoms with E-state index in [2.05, 4.69) is 28.1 Å². The van der Waals surface area contributed by atoms with Crippen molar-refractivity contribution in [3.63, 3.8) is 0 Å². The van der Waals surface area contributed by atoms with Gasteiger partial charge in [0.1, 0.15) is 6.04 Å². The second-order valence-corrected chi connectivity index (χ2v) is 9.47. The van der Waals surface area contributed by atoms with Crippen molar-refractivity contribution in [1.29, 1.82) is 10.5 Å². The summed E-state index contributed by atoms with van der Waals surface area (Å²) < 4.78 is 0.760. The number of Topliss-reactive ketones (excluding diaryl/α,β-unsaturated/α-hetero) is 1. The molecule has 33 heavy (non-hydrogen) atoms. The van der Waals surface area contributed by atoms with E-state index in [1.54, 1.807) is 18.2 Å². The predicted octanol–water partition coefficient (Wildman–Crippen LogP) is 6.39.